The quantitative estimate of drug-likeness (QED) is 0.237. The Labute approximate surface area is 239 Å². The molecule has 12 heteroatoms. The van der Waals surface area contributed by atoms with E-state index >= 15 is 0 Å². The number of hydrogen-bond donors (Lipinski definition) is 1. The number of amides is 2. The van der Waals surface area contributed by atoms with Crippen molar-refractivity contribution in [3.05, 3.63) is 99.8 Å². The number of aromatic nitrogens is 2. The van der Waals surface area contributed by atoms with Crippen molar-refractivity contribution in [2.24, 2.45) is 12.0 Å². The fourth-order valence-electron chi connectivity index (χ4n) is 3.76. The van der Waals surface area contributed by atoms with Crippen molar-refractivity contribution < 1.29 is 36.1 Å². The molecule has 0 atom stereocenters. The van der Waals surface area contributed by atoms with Gasteiger partial charge in [0.25, 0.3) is 11.5 Å². The van der Waals surface area contributed by atoms with Crippen LogP contribution in [-0.4, -0.2) is 50.9 Å². The van der Waals surface area contributed by atoms with E-state index in [0.717, 1.165) is 11.8 Å². The first-order chi connectivity index (χ1) is 18.2. The van der Waals surface area contributed by atoms with Gasteiger partial charge in [-0.3, -0.25) is 24.0 Å². The van der Waals surface area contributed by atoms with Crippen molar-refractivity contribution in [2.45, 2.75) is 6.92 Å². The Hall–Kier alpha value is -4.16. The summed E-state index contributed by atoms with van der Waals surface area (Å²) in [6, 6.07) is 15.3. The zero-order chi connectivity index (χ0) is 27.4. The molecule has 1 fully saturated rings. The van der Waals surface area contributed by atoms with Crippen LogP contribution in [0.3, 0.4) is 0 Å². The maximum Gasteiger partial charge on any atom is 0.337 e. The van der Waals surface area contributed by atoms with Crippen LogP contribution in [0.4, 0.5) is 11.4 Å². The molecule has 2 aromatic carbocycles. The lowest BCUT2D eigenvalue weighted by Crippen LogP contribution is -3.00. The van der Waals surface area contributed by atoms with E-state index in [1.54, 1.807) is 36.9 Å². The molecule has 39 heavy (non-hydrogen) atoms. The number of rotatable bonds is 7. The largest absolute Gasteiger partial charge is 1.00 e. The average molecular weight is 611 g/mol. The first-order valence-electron chi connectivity index (χ1n) is 11.5. The standard InChI is InChI=1S/C27H25N5O5S.BrH/c1-5-15-31-24(34)21(16-22(33)28-19-13-11-18(12-14-19)26(36)37-4)38-27(31)29-23-17(2)30(3)32(25(23)35)20-9-7-6-8-10-20;/h5-14,16H,1,15H2,2-4H3,(H,28,33);1H/p-1/b21-16-,29-27?;. The molecule has 3 aromatic rings. The summed E-state index contributed by atoms with van der Waals surface area (Å²) in [4.78, 5) is 56.7. The third-order valence-electron chi connectivity index (χ3n) is 5.77. The SMILES string of the molecule is C=CCN1C(=O)/C(=C/C(=O)Nc2ccc(C(=O)OC)cc2)SC1=Nc1c(C)n(C)n(-c2ccccc2)c1=O.[Br-]. The first-order valence-corrected chi connectivity index (χ1v) is 12.3. The van der Waals surface area contributed by atoms with Crippen LogP contribution in [0.5, 0.6) is 0 Å². The summed E-state index contributed by atoms with van der Waals surface area (Å²) in [5, 5.41) is 2.93. The zero-order valence-corrected chi connectivity index (χ0v) is 23.8. The number of amidine groups is 1. The summed E-state index contributed by atoms with van der Waals surface area (Å²) in [5.41, 5.74) is 1.94. The highest BCUT2D eigenvalue weighted by molar-refractivity contribution is 8.18. The highest BCUT2D eigenvalue weighted by Gasteiger charge is 2.34. The van der Waals surface area contributed by atoms with Crippen molar-refractivity contribution in [2.75, 3.05) is 19.0 Å². The van der Waals surface area contributed by atoms with E-state index in [2.05, 4.69) is 21.6 Å². The molecule has 202 valence electrons. The highest BCUT2D eigenvalue weighted by Crippen LogP contribution is 2.33. The predicted octanol–water partition coefficient (Wildman–Crippen LogP) is 0.547. The summed E-state index contributed by atoms with van der Waals surface area (Å²) in [5.74, 6) is -1.45. The number of carbonyl (C=O) groups is 3. The van der Waals surface area contributed by atoms with Crippen LogP contribution in [0.1, 0.15) is 16.1 Å². The number of methoxy groups -OCH3 is 1. The van der Waals surface area contributed by atoms with Crippen LogP contribution >= 0.6 is 11.8 Å². The van der Waals surface area contributed by atoms with E-state index < -0.39 is 17.8 Å². The van der Waals surface area contributed by atoms with E-state index in [1.807, 2.05) is 30.3 Å². The molecule has 0 saturated carbocycles. The van der Waals surface area contributed by atoms with Gasteiger partial charge in [0.1, 0.15) is 0 Å². The van der Waals surface area contributed by atoms with Gasteiger partial charge in [0.2, 0.25) is 5.91 Å². The van der Waals surface area contributed by atoms with Crippen molar-refractivity contribution in [1.82, 2.24) is 14.3 Å². The van der Waals surface area contributed by atoms with Crippen LogP contribution in [-0.2, 0) is 21.4 Å². The molecular formula is C27H25BrN5O5S-. The van der Waals surface area contributed by atoms with Crippen LogP contribution in [0, 0.1) is 6.92 Å². The van der Waals surface area contributed by atoms with Crippen LogP contribution in [0.15, 0.2) is 88.0 Å². The molecule has 0 radical (unpaired) electrons. The Morgan fingerprint density at radius 2 is 1.77 bits per heavy atom. The van der Waals surface area contributed by atoms with Crippen molar-refractivity contribution in [3.63, 3.8) is 0 Å². The molecule has 2 heterocycles. The molecular weight excluding hydrogens is 586 g/mol. The van der Waals surface area contributed by atoms with Gasteiger partial charge in [-0.2, -0.15) is 0 Å². The number of thioether (sulfide) groups is 1. The summed E-state index contributed by atoms with van der Waals surface area (Å²) in [6.07, 6.45) is 2.72. The van der Waals surface area contributed by atoms with E-state index in [-0.39, 0.29) is 44.8 Å². The minimum absolute atomic E-state index is 0. The van der Waals surface area contributed by atoms with Gasteiger partial charge in [0.15, 0.2) is 10.9 Å². The van der Waals surface area contributed by atoms with Gasteiger partial charge in [-0.1, -0.05) is 24.3 Å². The van der Waals surface area contributed by atoms with Gasteiger partial charge in [0.05, 0.1) is 29.0 Å². The molecule has 10 nitrogen and oxygen atoms in total. The van der Waals surface area contributed by atoms with Crippen molar-refractivity contribution in [1.29, 1.82) is 0 Å². The number of ether oxygens (including phenoxy) is 1. The fraction of sp³-hybridized carbons (Fsp3) is 0.148. The highest BCUT2D eigenvalue weighted by atomic mass is 79.9. The number of hydrogen-bond acceptors (Lipinski definition) is 7. The number of para-hydroxylation sites is 1. The Balaban J connectivity index is 0.00000420. The maximum atomic E-state index is 13.3. The van der Waals surface area contributed by atoms with Crippen molar-refractivity contribution >= 4 is 46.1 Å². The molecule has 1 saturated heterocycles. The Morgan fingerprint density at radius 3 is 2.38 bits per heavy atom. The lowest BCUT2D eigenvalue weighted by atomic mass is 10.2. The summed E-state index contributed by atoms with van der Waals surface area (Å²) >= 11 is 0.999. The van der Waals surface area contributed by atoms with Gasteiger partial charge < -0.3 is 27.0 Å². The lowest BCUT2D eigenvalue weighted by molar-refractivity contribution is -0.122. The second-order valence-electron chi connectivity index (χ2n) is 8.18. The molecule has 0 aliphatic carbocycles. The third kappa shape index (κ3) is 6.13. The lowest BCUT2D eigenvalue weighted by Gasteiger charge is -2.12. The molecule has 0 bridgehead atoms. The predicted molar refractivity (Wildman–Crippen MR) is 147 cm³/mol. The van der Waals surface area contributed by atoms with Gasteiger partial charge in [-0.05, 0) is 55.1 Å². The smallest absolute Gasteiger partial charge is 0.337 e. The molecule has 1 aliphatic heterocycles. The molecule has 1 aromatic heterocycles. The third-order valence-corrected chi connectivity index (χ3v) is 6.77. The number of nitrogens with zero attached hydrogens (tertiary/aromatic N) is 4. The molecule has 1 N–H and O–H groups in total. The minimum atomic E-state index is -0.534. The molecule has 0 unspecified atom stereocenters. The second-order valence-corrected chi connectivity index (χ2v) is 9.19. The number of nitrogens with one attached hydrogen (secondary N) is 1. The van der Waals surface area contributed by atoms with Crippen LogP contribution in [0.2, 0.25) is 0 Å². The Kier molecular flexibility index (Phi) is 9.49. The van der Waals surface area contributed by atoms with Gasteiger partial charge in [-0.15, -0.1) is 6.58 Å². The van der Waals surface area contributed by atoms with Crippen molar-refractivity contribution in [3.8, 4) is 5.69 Å². The topological polar surface area (TPSA) is 115 Å². The van der Waals surface area contributed by atoms with E-state index in [0.29, 0.717) is 22.6 Å². The Morgan fingerprint density at radius 1 is 1.10 bits per heavy atom. The van der Waals surface area contributed by atoms with E-state index in [4.69, 9.17) is 0 Å². The number of carbonyl (C=O) groups excluding carboxylic acids is 3. The Bertz CT molecular complexity index is 1540. The summed E-state index contributed by atoms with van der Waals surface area (Å²) < 4.78 is 7.87. The normalized spacial score (nSPS) is 14.8. The molecule has 1 aliphatic rings. The monoisotopic (exact) mass is 610 g/mol. The molecule has 4 rings (SSSR count). The summed E-state index contributed by atoms with van der Waals surface area (Å²) in [6.45, 7) is 5.62. The van der Waals surface area contributed by atoms with E-state index in [9.17, 15) is 19.2 Å². The average Bonchev–Trinajstić information content (AvgIpc) is 3.31. The number of benzene rings is 2. The fourth-order valence-corrected chi connectivity index (χ4v) is 4.73. The van der Waals surface area contributed by atoms with E-state index in [1.165, 1.54) is 34.9 Å². The van der Waals surface area contributed by atoms with Crippen LogP contribution < -0.4 is 27.9 Å². The van der Waals surface area contributed by atoms with Gasteiger partial charge >= 0.3 is 5.97 Å². The minimum Gasteiger partial charge on any atom is -1.00 e. The van der Waals surface area contributed by atoms with Gasteiger partial charge in [-0.25, -0.2) is 14.5 Å². The second kappa shape index (κ2) is 12.6. The number of anilines is 1. The number of aliphatic imine (C=N–C) groups is 1. The zero-order valence-electron chi connectivity index (χ0n) is 21.4. The maximum absolute atomic E-state index is 13.3. The first kappa shape index (κ1) is 29.4. The molecule has 2 amide bonds. The van der Waals surface area contributed by atoms with Gasteiger partial charge in [0, 0.05) is 25.4 Å². The molecule has 0 spiro atoms. The number of halogens is 1. The van der Waals surface area contributed by atoms with Crippen LogP contribution in [0.25, 0.3) is 5.69 Å². The summed E-state index contributed by atoms with van der Waals surface area (Å²) in [7, 11) is 3.04. The number of esters is 1.